The van der Waals surface area contributed by atoms with Crippen LogP contribution in [-0.4, -0.2) is 31.8 Å². The van der Waals surface area contributed by atoms with E-state index in [1.165, 1.54) is 7.11 Å². The van der Waals surface area contributed by atoms with Gasteiger partial charge >= 0.3 is 5.97 Å². The third kappa shape index (κ3) is 5.03. The minimum absolute atomic E-state index is 0.109. The van der Waals surface area contributed by atoms with Crippen LogP contribution in [-0.2, 0) is 9.53 Å². The second kappa shape index (κ2) is 8.24. The van der Waals surface area contributed by atoms with Crippen molar-refractivity contribution in [3.05, 3.63) is 54.1 Å². The third-order valence-electron chi connectivity index (χ3n) is 3.02. The molecule has 0 radical (unpaired) electrons. The highest BCUT2D eigenvalue weighted by atomic mass is 32.2. The lowest BCUT2D eigenvalue weighted by atomic mass is 10.2. The zero-order valence-corrected chi connectivity index (χ0v) is 13.7. The predicted molar refractivity (Wildman–Crippen MR) is 90.1 cm³/mol. The van der Waals surface area contributed by atoms with Crippen LogP contribution in [0, 0.1) is 0 Å². The highest BCUT2D eigenvalue weighted by molar-refractivity contribution is 7.98. The average molecular weight is 331 g/mol. The van der Waals surface area contributed by atoms with Crippen molar-refractivity contribution < 1.29 is 19.1 Å². The maximum Gasteiger partial charge on any atom is 0.337 e. The van der Waals surface area contributed by atoms with Crippen LogP contribution < -0.4 is 10.1 Å². The van der Waals surface area contributed by atoms with E-state index in [0.717, 1.165) is 10.6 Å². The Morgan fingerprint density at radius 3 is 2.26 bits per heavy atom. The number of nitrogens with one attached hydrogen (secondary N) is 1. The van der Waals surface area contributed by atoms with E-state index in [-0.39, 0.29) is 12.5 Å². The number of anilines is 1. The summed E-state index contributed by atoms with van der Waals surface area (Å²) in [7, 11) is 1.32. The highest BCUT2D eigenvalue weighted by Gasteiger charge is 2.07. The molecule has 0 heterocycles. The summed E-state index contributed by atoms with van der Waals surface area (Å²) in [4.78, 5) is 24.3. The number of hydrogen-bond donors (Lipinski definition) is 1. The maximum atomic E-state index is 11.8. The van der Waals surface area contributed by atoms with Crippen molar-refractivity contribution >= 4 is 29.3 Å². The fourth-order valence-electron chi connectivity index (χ4n) is 1.83. The molecule has 0 spiro atoms. The molecule has 0 bridgehead atoms. The number of carbonyl (C=O) groups excluding carboxylic acids is 2. The van der Waals surface area contributed by atoms with E-state index in [1.807, 2.05) is 30.5 Å². The number of methoxy groups -OCH3 is 1. The van der Waals surface area contributed by atoms with Gasteiger partial charge in [-0.25, -0.2) is 4.79 Å². The van der Waals surface area contributed by atoms with Crippen LogP contribution in [0.4, 0.5) is 5.69 Å². The molecule has 0 aliphatic heterocycles. The second-order valence-corrected chi connectivity index (χ2v) is 5.46. The lowest BCUT2D eigenvalue weighted by Gasteiger charge is -2.08. The monoisotopic (exact) mass is 331 g/mol. The van der Waals surface area contributed by atoms with Gasteiger partial charge in [-0.15, -0.1) is 11.8 Å². The van der Waals surface area contributed by atoms with Gasteiger partial charge in [0.25, 0.3) is 5.91 Å². The molecule has 0 fully saturated rings. The first kappa shape index (κ1) is 16.9. The fourth-order valence-corrected chi connectivity index (χ4v) is 2.23. The standard InChI is InChI=1S/C17H17NO4S/c1-21-17(20)12-3-7-14(8-4-12)22-11-16(19)18-13-5-9-15(23-2)10-6-13/h3-10H,11H2,1-2H3,(H,18,19). The van der Waals surface area contributed by atoms with Gasteiger partial charge in [-0.1, -0.05) is 0 Å². The van der Waals surface area contributed by atoms with E-state index < -0.39 is 5.97 Å². The van der Waals surface area contributed by atoms with Gasteiger partial charge in [0, 0.05) is 10.6 Å². The topological polar surface area (TPSA) is 64.6 Å². The molecule has 120 valence electrons. The fraction of sp³-hybridized carbons (Fsp3) is 0.176. The van der Waals surface area contributed by atoms with Gasteiger partial charge in [0.1, 0.15) is 5.75 Å². The number of carbonyl (C=O) groups is 2. The normalized spacial score (nSPS) is 10.0. The van der Waals surface area contributed by atoms with Gasteiger partial charge in [-0.2, -0.15) is 0 Å². The summed E-state index contributed by atoms with van der Waals surface area (Å²) >= 11 is 1.64. The summed E-state index contributed by atoms with van der Waals surface area (Å²) in [6.07, 6.45) is 1.99. The molecular weight excluding hydrogens is 314 g/mol. The molecule has 1 N–H and O–H groups in total. The minimum Gasteiger partial charge on any atom is -0.484 e. The van der Waals surface area contributed by atoms with Crippen molar-refractivity contribution in [3.8, 4) is 5.75 Å². The SMILES string of the molecule is COC(=O)c1ccc(OCC(=O)Nc2ccc(SC)cc2)cc1. The average Bonchev–Trinajstić information content (AvgIpc) is 2.60. The molecular formula is C17H17NO4S. The minimum atomic E-state index is -0.414. The largest absolute Gasteiger partial charge is 0.484 e. The Balaban J connectivity index is 1.84. The molecule has 5 nitrogen and oxygen atoms in total. The Morgan fingerprint density at radius 2 is 1.70 bits per heavy atom. The van der Waals surface area contributed by atoms with Crippen LogP contribution in [0.2, 0.25) is 0 Å². The summed E-state index contributed by atoms with van der Waals surface area (Å²) in [6.45, 7) is -0.109. The van der Waals surface area contributed by atoms with Gasteiger partial charge in [0.2, 0.25) is 0 Å². The van der Waals surface area contributed by atoms with E-state index in [1.54, 1.807) is 36.0 Å². The van der Waals surface area contributed by atoms with E-state index in [4.69, 9.17) is 4.74 Å². The summed E-state index contributed by atoms with van der Waals surface area (Å²) in [5, 5.41) is 2.75. The van der Waals surface area contributed by atoms with Crippen LogP contribution in [0.15, 0.2) is 53.4 Å². The van der Waals surface area contributed by atoms with Crippen molar-refractivity contribution in [2.45, 2.75) is 4.90 Å². The van der Waals surface area contributed by atoms with Gasteiger partial charge in [0.05, 0.1) is 12.7 Å². The number of thioether (sulfide) groups is 1. The lowest BCUT2D eigenvalue weighted by Crippen LogP contribution is -2.20. The highest BCUT2D eigenvalue weighted by Crippen LogP contribution is 2.17. The van der Waals surface area contributed by atoms with E-state index in [2.05, 4.69) is 10.1 Å². The molecule has 23 heavy (non-hydrogen) atoms. The quantitative estimate of drug-likeness (QED) is 0.650. The van der Waals surface area contributed by atoms with Crippen LogP contribution in [0.1, 0.15) is 10.4 Å². The molecule has 0 saturated heterocycles. The maximum absolute atomic E-state index is 11.8. The first-order valence-corrected chi connectivity index (χ1v) is 8.10. The van der Waals surface area contributed by atoms with Crippen molar-refractivity contribution in [3.63, 3.8) is 0 Å². The van der Waals surface area contributed by atoms with Gasteiger partial charge in [-0.05, 0) is 54.8 Å². The number of esters is 1. The number of amides is 1. The predicted octanol–water partition coefficient (Wildman–Crippen LogP) is 3.21. The van der Waals surface area contributed by atoms with Crippen molar-refractivity contribution in [2.24, 2.45) is 0 Å². The molecule has 0 aliphatic carbocycles. The molecule has 0 aromatic heterocycles. The molecule has 2 aromatic carbocycles. The molecule has 1 amide bonds. The van der Waals surface area contributed by atoms with E-state index >= 15 is 0 Å². The van der Waals surface area contributed by atoms with Gasteiger partial charge < -0.3 is 14.8 Å². The lowest BCUT2D eigenvalue weighted by molar-refractivity contribution is -0.118. The Bertz CT molecular complexity index is 668. The smallest absolute Gasteiger partial charge is 0.337 e. The number of benzene rings is 2. The molecule has 0 aliphatic rings. The summed E-state index contributed by atoms with van der Waals surface area (Å²) < 4.78 is 10.00. The molecule has 2 aromatic rings. The van der Waals surface area contributed by atoms with Crippen molar-refractivity contribution in [2.75, 3.05) is 25.3 Å². The zero-order chi connectivity index (χ0) is 16.7. The zero-order valence-electron chi connectivity index (χ0n) is 12.9. The molecule has 0 saturated carbocycles. The Kier molecular flexibility index (Phi) is 6.05. The van der Waals surface area contributed by atoms with E-state index in [0.29, 0.717) is 11.3 Å². The van der Waals surface area contributed by atoms with Crippen molar-refractivity contribution in [1.82, 2.24) is 0 Å². The second-order valence-electron chi connectivity index (χ2n) is 4.58. The van der Waals surface area contributed by atoms with E-state index in [9.17, 15) is 9.59 Å². The van der Waals surface area contributed by atoms with Crippen LogP contribution in [0.5, 0.6) is 5.75 Å². The first-order valence-electron chi connectivity index (χ1n) is 6.87. The number of ether oxygens (including phenoxy) is 2. The molecule has 0 unspecified atom stereocenters. The van der Waals surface area contributed by atoms with Crippen LogP contribution in [0.25, 0.3) is 0 Å². The summed E-state index contributed by atoms with van der Waals surface area (Å²) in [5.74, 6) is -0.160. The summed E-state index contributed by atoms with van der Waals surface area (Å²) in [5.41, 5.74) is 1.15. The molecule has 6 heteroatoms. The molecule has 2 rings (SSSR count). The Labute approximate surface area is 139 Å². The number of hydrogen-bond acceptors (Lipinski definition) is 5. The van der Waals surface area contributed by atoms with Gasteiger partial charge in [-0.3, -0.25) is 4.79 Å². The summed E-state index contributed by atoms with van der Waals surface area (Å²) in [6, 6.07) is 14.0. The van der Waals surface area contributed by atoms with Crippen LogP contribution >= 0.6 is 11.8 Å². The first-order chi connectivity index (χ1) is 11.1. The van der Waals surface area contributed by atoms with Crippen molar-refractivity contribution in [1.29, 1.82) is 0 Å². The van der Waals surface area contributed by atoms with Gasteiger partial charge in [0.15, 0.2) is 6.61 Å². The Morgan fingerprint density at radius 1 is 1.04 bits per heavy atom. The molecule has 0 atom stereocenters. The third-order valence-corrected chi connectivity index (χ3v) is 3.76. The van der Waals surface area contributed by atoms with Crippen LogP contribution in [0.3, 0.4) is 0 Å². The Hall–Kier alpha value is -2.47. The number of rotatable bonds is 6.